The number of aromatic amines is 1. The number of unbranched alkanes of at least 4 members (excludes halogenated alkanes) is 1. The molecule has 6 nitrogen and oxygen atoms in total. The van der Waals surface area contributed by atoms with E-state index in [0.29, 0.717) is 13.0 Å². The Morgan fingerprint density at radius 2 is 1.90 bits per heavy atom. The number of likely N-dealkylation sites (tertiary alicyclic amines) is 1. The third kappa shape index (κ3) is 4.31. The van der Waals surface area contributed by atoms with Gasteiger partial charge in [0.2, 0.25) is 11.8 Å². The van der Waals surface area contributed by atoms with E-state index in [0.717, 1.165) is 68.3 Å². The fraction of sp³-hybridized carbons (Fsp3) is 0.591. The zero-order valence-corrected chi connectivity index (χ0v) is 17.6. The highest BCUT2D eigenvalue weighted by atomic mass is 32.1. The molecule has 1 aliphatic carbocycles. The molecule has 0 atom stereocenters. The van der Waals surface area contributed by atoms with Crippen molar-refractivity contribution < 1.29 is 9.59 Å². The van der Waals surface area contributed by atoms with Crippen LogP contribution in [0.3, 0.4) is 0 Å². The number of benzene rings is 1. The maximum atomic E-state index is 12.8. The first-order valence-corrected chi connectivity index (χ1v) is 11.6. The summed E-state index contributed by atoms with van der Waals surface area (Å²) in [5.74, 6) is 0.122. The van der Waals surface area contributed by atoms with E-state index in [4.69, 9.17) is 0 Å². The summed E-state index contributed by atoms with van der Waals surface area (Å²) in [6, 6.07) is 5.98. The molecule has 2 fully saturated rings. The molecular weight excluding hydrogens is 386 g/mol. The maximum absolute atomic E-state index is 12.8. The minimum atomic E-state index is -0.363. The lowest BCUT2D eigenvalue weighted by molar-refractivity contribution is -0.142. The highest BCUT2D eigenvalue weighted by Gasteiger charge is 2.51. The van der Waals surface area contributed by atoms with Gasteiger partial charge in [0.05, 0.1) is 15.6 Å². The fourth-order valence-electron chi connectivity index (χ4n) is 4.80. The van der Waals surface area contributed by atoms with Gasteiger partial charge in [-0.1, -0.05) is 42.7 Å². The monoisotopic (exact) mass is 415 g/mol. The van der Waals surface area contributed by atoms with Crippen LogP contribution < -0.4 is 10.2 Å². The number of amides is 2. The Kier molecular flexibility index (Phi) is 6.15. The first-order chi connectivity index (χ1) is 14.1. The molecule has 1 aliphatic heterocycles. The normalized spacial score (nSPS) is 19.0. The third-order valence-electron chi connectivity index (χ3n) is 6.38. The molecule has 1 aromatic heterocycles. The number of hydrogen-bond acceptors (Lipinski definition) is 5. The van der Waals surface area contributed by atoms with E-state index in [1.54, 1.807) is 0 Å². The topological polar surface area (TPSA) is 82.3 Å². The van der Waals surface area contributed by atoms with Crippen LogP contribution >= 0.6 is 11.3 Å². The number of fused-ring (bicyclic) bond motifs is 1. The van der Waals surface area contributed by atoms with Crippen molar-refractivity contribution in [2.45, 2.75) is 57.8 Å². The Hall–Kier alpha value is -1.99. The molecule has 2 aliphatic rings. The summed E-state index contributed by atoms with van der Waals surface area (Å²) in [7, 11) is 0. The lowest BCUT2D eigenvalue weighted by atomic mass is 9.73. The Labute approximate surface area is 174 Å². The zero-order valence-electron chi connectivity index (χ0n) is 16.8. The summed E-state index contributed by atoms with van der Waals surface area (Å²) in [4.78, 5) is 41.1. The number of carbonyl (C=O) groups is 2. The number of rotatable bonds is 8. The summed E-state index contributed by atoms with van der Waals surface area (Å²) < 4.78 is 1.04. The van der Waals surface area contributed by atoms with Crippen LogP contribution in [-0.4, -0.2) is 41.3 Å². The number of hydrogen-bond donors (Lipinski definition) is 2. The number of nitrogens with one attached hydrogen (secondary N) is 2. The molecule has 0 bridgehead atoms. The summed E-state index contributed by atoms with van der Waals surface area (Å²) in [5.41, 5.74) is 1.73. The van der Waals surface area contributed by atoms with E-state index >= 15 is 0 Å². The average molecular weight is 416 g/mol. The van der Waals surface area contributed by atoms with E-state index in [-0.39, 0.29) is 22.1 Å². The average Bonchev–Trinajstić information content (AvgIpc) is 3.20. The molecule has 2 heterocycles. The number of aromatic nitrogens is 1. The van der Waals surface area contributed by atoms with Gasteiger partial charge in [-0.15, -0.1) is 0 Å². The van der Waals surface area contributed by atoms with E-state index in [1.807, 2.05) is 12.1 Å². The SMILES string of the molecule is O=C1CC2(CCCCC2)C(=O)N1CCCCNCCc1cccc2[nH]c(=O)sc12. The highest BCUT2D eigenvalue weighted by molar-refractivity contribution is 7.16. The van der Waals surface area contributed by atoms with Crippen LogP contribution in [0.1, 0.15) is 56.9 Å². The molecule has 1 spiro atoms. The standard InChI is InChI=1S/C22H29N3O3S/c26-18-15-22(10-2-1-3-11-22)20(27)25(18)14-5-4-12-23-13-9-16-7-6-8-17-19(16)29-21(28)24-17/h6-8,23H,1-5,9-15H2,(H,24,28). The van der Waals surface area contributed by atoms with Crippen LogP contribution in [0.15, 0.2) is 23.0 Å². The molecule has 7 heteroatoms. The molecule has 1 saturated carbocycles. The molecule has 0 unspecified atom stereocenters. The fourth-order valence-corrected chi connectivity index (χ4v) is 5.68. The molecule has 2 aromatic rings. The predicted octanol–water partition coefficient (Wildman–Crippen LogP) is 3.21. The molecule has 0 radical (unpaired) electrons. The molecule has 29 heavy (non-hydrogen) atoms. The summed E-state index contributed by atoms with van der Waals surface area (Å²) in [6.45, 7) is 2.26. The zero-order chi connectivity index (χ0) is 20.3. The lowest BCUT2D eigenvalue weighted by Crippen LogP contribution is -2.37. The van der Waals surface area contributed by atoms with Gasteiger partial charge in [0, 0.05) is 13.0 Å². The Morgan fingerprint density at radius 3 is 2.72 bits per heavy atom. The molecule has 1 aromatic carbocycles. The van der Waals surface area contributed by atoms with Crippen molar-refractivity contribution in [1.82, 2.24) is 15.2 Å². The van der Waals surface area contributed by atoms with Crippen molar-refractivity contribution in [2.24, 2.45) is 5.41 Å². The predicted molar refractivity (Wildman–Crippen MR) is 115 cm³/mol. The first-order valence-electron chi connectivity index (χ1n) is 10.8. The summed E-state index contributed by atoms with van der Waals surface area (Å²) in [5, 5.41) is 3.44. The van der Waals surface area contributed by atoms with Gasteiger partial charge < -0.3 is 10.3 Å². The number of thiazole rings is 1. The summed E-state index contributed by atoms with van der Waals surface area (Å²) in [6.07, 6.45) is 8.19. The van der Waals surface area contributed by atoms with Gasteiger partial charge in [-0.05, 0) is 56.8 Å². The number of imide groups is 1. The molecule has 156 valence electrons. The van der Waals surface area contributed by atoms with Crippen molar-refractivity contribution in [3.05, 3.63) is 33.4 Å². The smallest absolute Gasteiger partial charge is 0.305 e. The first kappa shape index (κ1) is 20.3. The third-order valence-corrected chi connectivity index (χ3v) is 7.36. The second-order valence-corrected chi connectivity index (χ2v) is 9.37. The highest BCUT2D eigenvalue weighted by Crippen LogP contribution is 2.45. The number of nitrogens with zero attached hydrogens (tertiary/aromatic N) is 1. The van der Waals surface area contributed by atoms with Crippen molar-refractivity contribution in [3.8, 4) is 0 Å². The maximum Gasteiger partial charge on any atom is 0.305 e. The van der Waals surface area contributed by atoms with Gasteiger partial charge in [-0.25, -0.2) is 0 Å². The van der Waals surface area contributed by atoms with Crippen LogP contribution in [0.2, 0.25) is 0 Å². The molecule has 2 amide bonds. The van der Waals surface area contributed by atoms with Crippen LogP contribution in [-0.2, 0) is 16.0 Å². The Morgan fingerprint density at radius 1 is 1.07 bits per heavy atom. The van der Waals surface area contributed by atoms with Gasteiger partial charge in [0.25, 0.3) is 0 Å². The van der Waals surface area contributed by atoms with Crippen LogP contribution in [0.4, 0.5) is 0 Å². The van der Waals surface area contributed by atoms with Gasteiger partial charge in [-0.3, -0.25) is 19.3 Å². The molecule has 1 saturated heterocycles. The van der Waals surface area contributed by atoms with Crippen LogP contribution in [0.25, 0.3) is 10.2 Å². The van der Waals surface area contributed by atoms with E-state index in [1.165, 1.54) is 28.2 Å². The second-order valence-electron chi connectivity index (χ2n) is 8.38. The molecule has 2 N–H and O–H groups in total. The van der Waals surface area contributed by atoms with Gasteiger partial charge >= 0.3 is 4.87 Å². The van der Waals surface area contributed by atoms with Crippen molar-refractivity contribution in [3.63, 3.8) is 0 Å². The number of carbonyl (C=O) groups excluding carboxylic acids is 2. The lowest BCUT2D eigenvalue weighted by Gasteiger charge is -2.30. The molecule has 4 rings (SSSR count). The Balaban J connectivity index is 1.17. The van der Waals surface area contributed by atoms with Crippen molar-refractivity contribution >= 4 is 33.4 Å². The van der Waals surface area contributed by atoms with Crippen LogP contribution in [0.5, 0.6) is 0 Å². The van der Waals surface area contributed by atoms with Gasteiger partial charge in [0.15, 0.2) is 0 Å². The minimum Gasteiger partial charge on any atom is -0.316 e. The van der Waals surface area contributed by atoms with E-state index < -0.39 is 0 Å². The van der Waals surface area contributed by atoms with Gasteiger partial charge in [-0.2, -0.15) is 0 Å². The summed E-state index contributed by atoms with van der Waals surface area (Å²) >= 11 is 1.27. The van der Waals surface area contributed by atoms with Gasteiger partial charge in [0.1, 0.15) is 0 Å². The Bertz CT molecular complexity index is 942. The molecular formula is C22H29N3O3S. The number of H-pyrrole nitrogens is 1. The van der Waals surface area contributed by atoms with E-state index in [2.05, 4.69) is 16.4 Å². The quantitative estimate of drug-likeness (QED) is 0.512. The minimum absolute atomic E-state index is 0.0126. The van der Waals surface area contributed by atoms with E-state index in [9.17, 15) is 14.4 Å². The van der Waals surface area contributed by atoms with Crippen LogP contribution in [0, 0.1) is 5.41 Å². The van der Waals surface area contributed by atoms with Crippen molar-refractivity contribution in [1.29, 1.82) is 0 Å². The second kappa shape index (κ2) is 8.79. The largest absolute Gasteiger partial charge is 0.316 e. The van der Waals surface area contributed by atoms with Crippen molar-refractivity contribution in [2.75, 3.05) is 19.6 Å².